The zero-order valence-corrected chi connectivity index (χ0v) is 13.8. The first-order valence-electron chi connectivity index (χ1n) is 8.17. The normalized spacial score (nSPS) is 23.7. The van der Waals surface area contributed by atoms with Gasteiger partial charge in [-0.1, -0.05) is 30.3 Å². The molecule has 3 rings (SSSR count). The number of fused-ring (bicyclic) bond motifs is 2. The molecule has 1 aromatic rings. The highest BCUT2D eigenvalue weighted by Crippen LogP contribution is 2.29. The summed E-state index contributed by atoms with van der Waals surface area (Å²) in [7, 11) is 2.12. The first-order valence-corrected chi connectivity index (χ1v) is 8.17. The van der Waals surface area contributed by atoms with Gasteiger partial charge in [0.15, 0.2) is 5.78 Å². The van der Waals surface area contributed by atoms with Gasteiger partial charge in [-0.2, -0.15) is 0 Å². The number of nitrogens with zero attached hydrogens (tertiary/aromatic N) is 2. The molecule has 0 radical (unpaired) electrons. The van der Waals surface area contributed by atoms with E-state index in [1.807, 2.05) is 35.2 Å². The van der Waals surface area contributed by atoms with Crippen molar-refractivity contribution in [2.75, 3.05) is 26.7 Å². The van der Waals surface area contributed by atoms with Crippen LogP contribution in [0.1, 0.15) is 17.5 Å². The van der Waals surface area contributed by atoms with Crippen molar-refractivity contribution in [3.05, 3.63) is 47.5 Å². The summed E-state index contributed by atoms with van der Waals surface area (Å²) in [4.78, 5) is 27.7. The Morgan fingerprint density at radius 1 is 1.08 bits per heavy atom. The Labute approximate surface area is 141 Å². The van der Waals surface area contributed by atoms with Crippen molar-refractivity contribution in [3.63, 3.8) is 0 Å². The molecule has 2 heterocycles. The highest BCUT2D eigenvalue weighted by atomic mass is 16.3. The molecule has 0 aliphatic carbocycles. The van der Waals surface area contributed by atoms with Crippen molar-refractivity contribution in [2.45, 2.75) is 18.5 Å². The number of carbonyl (C=O) groups excluding carboxylic acids is 2. The molecule has 2 fully saturated rings. The van der Waals surface area contributed by atoms with Gasteiger partial charge >= 0.3 is 0 Å². The van der Waals surface area contributed by atoms with Crippen LogP contribution in [0.5, 0.6) is 0 Å². The number of aliphatic hydroxyl groups excluding tert-OH is 1. The van der Waals surface area contributed by atoms with Crippen molar-refractivity contribution < 1.29 is 14.7 Å². The lowest BCUT2D eigenvalue weighted by molar-refractivity contribution is -0.128. The lowest BCUT2D eigenvalue weighted by atomic mass is 10.1. The van der Waals surface area contributed by atoms with Gasteiger partial charge in [-0.3, -0.25) is 14.5 Å². The summed E-state index contributed by atoms with van der Waals surface area (Å²) in [6.07, 6.45) is 7.57. The van der Waals surface area contributed by atoms with Crippen LogP contribution < -0.4 is 0 Å². The third kappa shape index (κ3) is 3.63. The number of carbonyl (C=O) groups is 2. The van der Waals surface area contributed by atoms with Crippen LogP contribution in [0.15, 0.2) is 36.4 Å². The van der Waals surface area contributed by atoms with Crippen molar-refractivity contribution >= 4 is 23.8 Å². The molecule has 126 valence electrons. The third-order valence-corrected chi connectivity index (χ3v) is 4.77. The maximum Gasteiger partial charge on any atom is 0.246 e. The molecule has 2 aliphatic heterocycles. The summed E-state index contributed by atoms with van der Waals surface area (Å²) in [5.41, 5.74) is 1.82. The molecule has 2 bridgehead atoms. The quantitative estimate of drug-likeness (QED) is 0.826. The molecule has 0 spiro atoms. The van der Waals surface area contributed by atoms with Crippen molar-refractivity contribution in [1.29, 1.82) is 0 Å². The number of rotatable bonds is 5. The van der Waals surface area contributed by atoms with E-state index in [9.17, 15) is 9.59 Å². The largest absolute Gasteiger partial charge is 0.388 e. The monoisotopic (exact) mass is 326 g/mol. The first kappa shape index (κ1) is 16.6. The van der Waals surface area contributed by atoms with Gasteiger partial charge in [0.2, 0.25) is 5.91 Å². The molecule has 0 aromatic heterocycles. The summed E-state index contributed by atoms with van der Waals surface area (Å²) in [5.74, 6) is -0.247. The van der Waals surface area contributed by atoms with Gasteiger partial charge in [0.05, 0.1) is 0 Å². The highest BCUT2D eigenvalue weighted by molar-refractivity contribution is 5.94. The number of piperazine rings is 1. The number of ketones is 1. The molecule has 5 heteroatoms. The number of aliphatic hydroxyl groups is 1. The van der Waals surface area contributed by atoms with Gasteiger partial charge in [0.1, 0.15) is 6.61 Å². The van der Waals surface area contributed by atoms with Gasteiger partial charge in [-0.25, -0.2) is 0 Å². The highest BCUT2D eigenvalue weighted by Gasteiger charge is 2.42. The summed E-state index contributed by atoms with van der Waals surface area (Å²) in [6.45, 7) is 1.32. The van der Waals surface area contributed by atoms with E-state index in [0.29, 0.717) is 12.1 Å². The fourth-order valence-electron chi connectivity index (χ4n) is 3.36. The predicted molar refractivity (Wildman–Crippen MR) is 93.1 cm³/mol. The van der Waals surface area contributed by atoms with Gasteiger partial charge in [0, 0.05) is 31.2 Å². The molecule has 2 saturated heterocycles. The van der Waals surface area contributed by atoms with Gasteiger partial charge < -0.3 is 10.0 Å². The second-order valence-electron chi connectivity index (χ2n) is 6.43. The average Bonchev–Trinajstić information content (AvgIpc) is 3.17. The molecule has 1 N–H and O–H groups in total. The van der Waals surface area contributed by atoms with E-state index in [-0.39, 0.29) is 11.7 Å². The molecular formula is C19H22N2O3. The van der Waals surface area contributed by atoms with Crippen molar-refractivity contribution in [1.82, 2.24) is 9.80 Å². The van der Waals surface area contributed by atoms with Crippen LogP contribution in [0.2, 0.25) is 0 Å². The van der Waals surface area contributed by atoms with Crippen LogP contribution in [0.3, 0.4) is 0 Å². The van der Waals surface area contributed by atoms with Gasteiger partial charge in [-0.05, 0) is 36.7 Å². The SMILES string of the molecule is CN1CC2CC1CN2C(=O)/C=C/c1ccc(/C=C/C(=O)CO)cc1. The van der Waals surface area contributed by atoms with Gasteiger partial charge in [0.25, 0.3) is 0 Å². The summed E-state index contributed by atoms with van der Waals surface area (Å²) in [5, 5.41) is 8.67. The Morgan fingerprint density at radius 3 is 2.21 bits per heavy atom. The fraction of sp³-hybridized carbons (Fsp3) is 0.368. The molecule has 1 aromatic carbocycles. The summed E-state index contributed by atoms with van der Waals surface area (Å²) >= 11 is 0. The number of likely N-dealkylation sites (N-methyl/N-ethyl adjacent to an activating group) is 1. The van der Waals surface area contributed by atoms with Crippen molar-refractivity contribution in [2.24, 2.45) is 0 Å². The average molecular weight is 326 g/mol. The Hall–Kier alpha value is -2.24. The predicted octanol–water partition coefficient (Wildman–Crippen LogP) is 1.19. The van der Waals surface area contributed by atoms with E-state index < -0.39 is 6.61 Å². The van der Waals surface area contributed by atoms with Crippen LogP contribution in [0, 0.1) is 0 Å². The van der Waals surface area contributed by atoms with Crippen molar-refractivity contribution in [3.8, 4) is 0 Å². The lowest BCUT2D eigenvalue weighted by Gasteiger charge is -2.31. The molecule has 2 unspecified atom stereocenters. The minimum absolute atomic E-state index is 0.0770. The zero-order chi connectivity index (χ0) is 17.1. The summed E-state index contributed by atoms with van der Waals surface area (Å²) < 4.78 is 0. The number of amides is 1. The molecule has 2 aliphatic rings. The maximum absolute atomic E-state index is 12.3. The van der Waals surface area contributed by atoms with E-state index in [0.717, 1.165) is 30.6 Å². The van der Waals surface area contributed by atoms with Crippen LogP contribution >= 0.6 is 0 Å². The van der Waals surface area contributed by atoms with E-state index >= 15 is 0 Å². The third-order valence-electron chi connectivity index (χ3n) is 4.77. The topological polar surface area (TPSA) is 60.9 Å². The Bertz CT molecular complexity index is 676. The number of benzene rings is 1. The molecule has 0 saturated carbocycles. The van der Waals surface area contributed by atoms with Crippen LogP contribution in [0.4, 0.5) is 0 Å². The Kier molecular flexibility index (Phi) is 4.92. The van der Waals surface area contributed by atoms with Crippen LogP contribution in [-0.4, -0.2) is 65.4 Å². The van der Waals surface area contributed by atoms with Crippen LogP contribution in [-0.2, 0) is 9.59 Å². The smallest absolute Gasteiger partial charge is 0.246 e. The number of hydrogen-bond acceptors (Lipinski definition) is 4. The zero-order valence-electron chi connectivity index (χ0n) is 13.8. The second-order valence-corrected chi connectivity index (χ2v) is 6.43. The maximum atomic E-state index is 12.3. The van der Waals surface area contributed by atoms with E-state index in [4.69, 9.17) is 5.11 Å². The first-order chi connectivity index (χ1) is 11.6. The molecular weight excluding hydrogens is 304 g/mol. The van der Waals surface area contributed by atoms with E-state index in [1.54, 1.807) is 12.2 Å². The molecule has 5 nitrogen and oxygen atoms in total. The number of likely N-dealkylation sites (tertiary alicyclic amines) is 2. The fourth-order valence-corrected chi connectivity index (χ4v) is 3.36. The summed E-state index contributed by atoms with van der Waals surface area (Å²) in [6, 6.07) is 8.41. The Morgan fingerprint density at radius 2 is 1.71 bits per heavy atom. The molecule has 1 amide bonds. The minimum atomic E-state index is -0.479. The molecule has 2 atom stereocenters. The van der Waals surface area contributed by atoms with E-state index in [1.165, 1.54) is 6.08 Å². The number of hydrogen-bond donors (Lipinski definition) is 1. The van der Waals surface area contributed by atoms with Gasteiger partial charge in [-0.15, -0.1) is 0 Å². The Balaban J connectivity index is 1.58. The standard InChI is InChI=1S/C19H22N2O3/c1-20-11-17-10-16(20)12-21(17)19(24)9-7-15-4-2-14(3-5-15)6-8-18(23)13-22/h2-9,16-17,22H,10-13H2,1H3/b8-6+,9-7+. The van der Waals surface area contributed by atoms with E-state index in [2.05, 4.69) is 11.9 Å². The van der Waals surface area contributed by atoms with Crippen LogP contribution in [0.25, 0.3) is 12.2 Å². The molecule has 24 heavy (non-hydrogen) atoms. The second kappa shape index (κ2) is 7.11. The minimum Gasteiger partial charge on any atom is -0.388 e. The lowest BCUT2D eigenvalue weighted by Crippen LogP contribution is -2.46.